The molecular formula is C16H20O3. The first kappa shape index (κ1) is 12.5. The monoisotopic (exact) mass is 260 g/mol. The molecule has 102 valence electrons. The lowest BCUT2D eigenvalue weighted by atomic mass is 9.93. The Morgan fingerprint density at radius 1 is 1.26 bits per heavy atom. The van der Waals surface area contributed by atoms with Gasteiger partial charge in [0.2, 0.25) is 0 Å². The van der Waals surface area contributed by atoms with E-state index in [2.05, 4.69) is 19.9 Å². The van der Waals surface area contributed by atoms with Gasteiger partial charge in [-0.05, 0) is 48.9 Å². The molecule has 0 N–H and O–H groups in total. The summed E-state index contributed by atoms with van der Waals surface area (Å²) in [6.45, 7) is 5.66. The van der Waals surface area contributed by atoms with Gasteiger partial charge in [0.05, 0.1) is 13.2 Å². The fourth-order valence-electron chi connectivity index (χ4n) is 2.67. The number of aldehydes is 1. The highest BCUT2D eigenvalue weighted by atomic mass is 16.5. The van der Waals surface area contributed by atoms with Crippen LogP contribution in [0.5, 0.6) is 11.5 Å². The molecule has 0 amide bonds. The van der Waals surface area contributed by atoms with Crippen LogP contribution in [0.1, 0.15) is 43.2 Å². The van der Waals surface area contributed by atoms with E-state index in [1.54, 1.807) is 0 Å². The molecule has 1 aromatic carbocycles. The van der Waals surface area contributed by atoms with Crippen LogP contribution < -0.4 is 9.47 Å². The number of ether oxygens (including phenoxy) is 2. The molecule has 1 aliphatic carbocycles. The number of aryl methyl sites for hydroxylation is 1. The Morgan fingerprint density at radius 3 is 2.47 bits per heavy atom. The molecule has 1 aliphatic heterocycles. The molecule has 2 aliphatic rings. The standard InChI is InChI=1S/C16H20O3/c1-11(3-6-17)13-8-15-14(7-12(13)2)18-9-16(4-5-16)10-19-15/h6-8,11H,3-5,9-10H2,1-2H3. The van der Waals surface area contributed by atoms with E-state index < -0.39 is 0 Å². The molecule has 1 fully saturated rings. The van der Waals surface area contributed by atoms with Gasteiger partial charge in [0.25, 0.3) is 0 Å². The van der Waals surface area contributed by atoms with Crippen LogP contribution in [0.15, 0.2) is 12.1 Å². The maximum Gasteiger partial charge on any atom is 0.161 e. The molecule has 0 bridgehead atoms. The summed E-state index contributed by atoms with van der Waals surface area (Å²) in [5.74, 6) is 1.91. The zero-order valence-electron chi connectivity index (χ0n) is 11.6. The third-order valence-electron chi connectivity index (χ3n) is 4.34. The summed E-state index contributed by atoms with van der Waals surface area (Å²) >= 11 is 0. The summed E-state index contributed by atoms with van der Waals surface area (Å²) in [5.41, 5.74) is 2.62. The molecule has 1 spiro atoms. The van der Waals surface area contributed by atoms with Crippen LogP contribution >= 0.6 is 0 Å². The maximum atomic E-state index is 10.7. The quantitative estimate of drug-likeness (QED) is 0.783. The normalized spacial score (nSPS) is 20.7. The molecule has 0 radical (unpaired) electrons. The van der Waals surface area contributed by atoms with Crippen LogP contribution in [0.2, 0.25) is 0 Å². The predicted octanol–water partition coefficient (Wildman–Crippen LogP) is 3.24. The Morgan fingerprint density at radius 2 is 1.89 bits per heavy atom. The van der Waals surface area contributed by atoms with E-state index >= 15 is 0 Å². The summed E-state index contributed by atoms with van der Waals surface area (Å²) < 4.78 is 11.8. The number of carbonyl (C=O) groups is 1. The van der Waals surface area contributed by atoms with E-state index in [-0.39, 0.29) is 11.3 Å². The van der Waals surface area contributed by atoms with Crippen LogP contribution in [0.4, 0.5) is 0 Å². The number of benzene rings is 1. The minimum absolute atomic E-state index is 0.226. The van der Waals surface area contributed by atoms with Crippen molar-refractivity contribution in [1.82, 2.24) is 0 Å². The lowest BCUT2D eigenvalue weighted by Crippen LogP contribution is -2.17. The van der Waals surface area contributed by atoms with Gasteiger partial charge in [0, 0.05) is 11.8 Å². The summed E-state index contributed by atoms with van der Waals surface area (Å²) in [7, 11) is 0. The summed E-state index contributed by atoms with van der Waals surface area (Å²) in [6, 6.07) is 4.10. The van der Waals surface area contributed by atoms with Gasteiger partial charge in [-0.15, -0.1) is 0 Å². The molecule has 3 heteroatoms. The molecule has 1 heterocycles. The van der Waals surface area contributed by atoms with E-state index in [4.69, 9.17) is 9.47 Å². The Hall–Kier alpha value is -1.51. The van der Waals surface area contributed by atoms with Crippen molar-refractivity contribution in [2.45, 2.75) is 39.0 Å². The molecule has 0 aromatic heterocycles. The maximum absolute atomic E-state index is 10.7. The lowest BCUT2D eigenvalue weighted by molar-refractivity contribution is -0.108. The molecule has 1 unspecified atom stereocenters. The SMILES string of the molecule is Cc1cc2c(cc1C(C)CC=O)OCC1(CC1)CO2. The zero-order valence-corrected chi connectivity index (χ0v) is 11.6. The number of fused-ring (bicyclic) bond motifs is 1. The van der Waals surface area contributed by atoms with E-state index in [1.165, 1.54) is 24.0 Å². The summed E-state index contributed by atoms with van der Waals surface area (Å²) in [6.07, 6.45) is 3.93. The number of hydrogen-bond acceptors (Lipinski definition) is 3. The van der Waals surface area contributed by atoms with Crippen molar-refractivity contribution < 1.29 is 14.3 Å². The van der Waals surface area contributed by atoms with Gasteiger partial charge in [0.1, 0.15) is 6.29 Å². The van der Waals surface area contributed by atoms with Crippen LogP contribution in [-0.2, 0) is 4.79 Å². The van der Waals surface area contributed by atoms with Crippen molar-refractivity contribution in [3.05, 3.63) is 23.3 Å². The van der Waals surface area contributed by atoms with Crippen molar-refractivity contribution in [3.63, 3.8) is 0 Å². The second-order valence-corrected chi connectivity index (χ2v) is 6.04. The van der Waals surface area contributed by atoms with Crippen molar-refractivity contribution in [3.8, 4) is 11.5 Å². The van der Waals surface area contributed by atoms with Crippen molar-refractivity contribution in [2.24, 2.45) is 5.41 Å². The van der Waals surface area contributed by atoms with Gasteiger partial charge in [0.15, 0.2) is 11.5 Å². The fourth-order valence-corrected chi connectivity index (χ4v) is 2.67. The highest BCUT2D eigenvalue weighted by molar-refractivity contribution is 5.54. The van der Waals surface area contributed by atoms with Crippen LogP contribution in [0.25, 0.3) is 0 Å². The molecule has 19 heavy (non-hydrogen) atoms. The van der Waals surface area contributed by atoms with Gasteiger partial charge in [-0.1, -0.05) is 6.92 Å². The highest BCUT2D eigenvalue weighted by Gasteiger charge is 2.46. The molecule has 0 saturated heterocycles. The second kappa shape index (κ2) is 4.55. The molecule has 1 atom stereocenters. The Balaban J connectivity index is 1.90. The van der Waals surface area contributed by atoms with Crippen LogP contribution in [0, 0.1) is 12.3 Å². The van der Waals surface area contributed by atoms with E-state index in [1.807, 2.05) is 6.07 Å². The Labute approximate surface area is 113 Å². The van der Waals surface area contributed by atoms with Gasteiger partial charge in [-0.25, -0.2) is 0 Å². The highest BCUT2D eigenvalue weighted by Crippen LogP contribution is 2.49. The first-order chi connectivity index (χ1) is 9.13. The van der Waals surface area contributed by atoms with E-state index in [0.29, 0.717) is 6.42 Å². The van der Waals surface area contributed by atoms with E-state index in [9.17, 15) is 4.79 Å². The first-order valence-electron chi connectivity index (χ1n) is 6.97. The third kappa shape index (κ3) is 2.34. The fraction of sp³-hybridized carbons (Fsp3) is 0.562. The second-order valence-electron chi connectivity index (χ2n) is 6.04. The summed E-state index contributed by atoms with van der Waals surface area (Å²) in [4.78, 5) is 10.7. The minimum atomic E-state index is 0.226. The predicted molar refractivity (Wildman–Crippen MR) is 72.9 cm³/mol. The topological polar surface area (TPSA) is 35.5 Å². The smallest absolute Gasteiger partial charge is 0.161 e. The molecule has 1 saturated carbocycles. The molecule has 3 nitrogen and oxygen atoms in total. The molecule has 1 aromatic rings. The Kier molecular flexibility index (Phi) is 3.00. The number of hydrogen-bond donors (Lipinski definition) is 0. The zero-order chi connectivity index (χ0) is 13.5. The van der Waals surface area contributed by atoms with Gasteiger partial charge in [-0.3, -0.25) is 0 Å². The van der Waals surface area contributed by atoms with Gasteiger partial charge in [-0.2, -0.15) is 0 Å². The Bertz CT molecular complexity index is 503. The minimum Gasteiger partial charge on any atom is -0.489 e. The number of carbonyl (C=O) groups excluding carboxylic acids is 1. The van der Waals surface area contributed by atoms with Crippen LogP contribution in [0.3, 0.4) is 0 Å². The first-order valence-corrected chi connectivity index (χ1v) is 6.97. The summed E-state index contributed by atoms with van der Waals surface area (Å²) in [5, 5.41) is 0. The van der Waals surface area contributed by atoms with Gasteiger partial charge >= 0.3 is 0 Å². The van der Waals surface area contributed by atoms with Gasteiger partial charge < -0.3 is 14.3 Å². The average molecular weight is 260 g/mol. The largest absolute Gasteiger partial charge is 0.489 e. The lowest BCUT2D eigenvalue weighted by Gasteiger charge is -2.16. The molecule has 3 rings (SSSR count). The van der Waals surface area contributed by atoms with Crippen molar-refractivity contribution in [2.75, 3.05) is 13.2 Å². The van der Waals surface area contributed by atoms with Crippen molar-refractivity contribution >= 4 is 6.29 Å². The molecular weight excluding hydrogens is 240 g/mol. The number of rotatable bonds is 3. The van der Waals surface area contributed by atoms with Crippen LogP contribution in [-0.4, -0.2) is 19.5 Å². The van der Waals surface area contributed by atoms with E-state index in [0.717, 1.165) is 31.0 Å². The third-order valence-corrected chi connectivity index (χ3v) is 4.34. The average Bonchev–Trinajstić information content (AvgIpc) is 3.18. The van der Waals surface area contributed by atoms with Crippen molar-refractivity contribution in [1.29, 1.82) is 0 Å².